The van der Waals surface area contributed by atoms with Crippen molar-refractivity contribution in [3.63, 3.8) is 0 Å². The Hall–Kier alpha value is -1.79. The summed E-state index contributed by atoms with van der Waals surface area (Å²) in [5.74, 6) is 1.01. The van der Waals surface area contributed by atoms with Crippen molar-refractivity contribution in [3.05, 3.63) is 29.8 Å². The Bertz CT molecular complexity index is 679. The molecule has 1 saturated carbocycles. The molecule has 3 N–H and O–H groups in total. The summed E-state index contributed by atoms with van der Waals surface area (Å²) in [5.41, 5.74) is 7.03. The van der Waals surface area contributed by atoms with Crippen LogP contribution in [0.1, 0.15) is 63.5 Å². The van der Waals surface area contributed by atoms with Crippen molar-refractivity contribution >= 4 is 24.2 Å². The highest BCUT2D eigenvalue weighted by molar-refractivity contribution is 5.85. The van der Waals surface area contributed by atoms with E-state index in [-0.39, 0.29) is 48.8 Å². The van der Waals surface area contributed by atoms with Crippen molar-refractivity contribution < 1.29 is 14.3 Å². The number of hydrogen-bond donors (Lipinski definition) is 2. The van der Waals surface area contributed by atoms with Crippen LogP contribution < -0.4 is 15.8 Å². The van der Waals surface area contributed by atoms with Crippen LogP contribution in [0.3, 0.4) is 0 Å². The van der Waals surface area contributed by atoms with E-state index in [1.54, 1.807) is 0 Å². The number of para-hydroxylation sites is 1. The first-order valence-electron chi connectivity index (χ1n) is 10.6. The highest BCUT2D eigenvalue weighted by Gasteiger charge is 2.27. The summed E-state index contributed by atoms with van der Waals surface area (Å²) in [7, 11) is 0. The van der Waals surface area contributed by atoms with Crippen molar-refractivity contribution in [3.8, 4) is 5.75 Å². The third-order valence-electron chi connectivity index (χ3n) is 6.01. The molecule has 6 nitrogen and oxygen atoms in total. The van der Waals surface area contributed by atoms with Gasteiger partial charge in [-0.25, -0.2) is 0 Å². The molecule has 3 rings (SSSR count). The second-order valence-corrected chi connectivity index (χ2v) is 8.00. The molecule has 2 amide bonds. The number of likely N-dealkylation sites (tertiary alicyclic amines) is 1. The largest absolute Gasteiger partial charge is 0.483 e. The van der Waals surface area contributed by atoms with Crippen LogP contribution in [0.5, 0.6) is 5.75 Å². The summed E-state index contributed by atoms with van der Waals surface area (Å²) >= 11 is 0. The lowest BCUT2D eigenvalue weighted by Gasteiger charge is -2.23. The summed E-state index contributed by atoms with van der Waals surface area (Å²) in [4.78, 5) is 26.7. The van der Waals surface area contributed by atoms with Gasteiger partial charge < -0.3 is 20.7 Å². The quantitative estimate of drug-likeness (QED) is 0.672. The number of amides is 2. The Morgan fingerprint density at radius 3 is 2.59 bits per heavy atom. The number of rotatable bonds is 8. The van der Waals surface area contributed by atoms with Crippen LogP contribution in [0.25, 0.3) is 0 Å². The second kappa shape index (κ2) is 11.4. The van der Waals surface area contributed by atoms with Crippen molar-refractivity contribution in [2.24, 2.45) is 11.7 Å². The minimum atomic E-state index is -0.136. The van der Waals surface area contributed by atoms with E-state index in [1.807, 2.05) is 36.1 Å². The molecular formula is C22H34ClN3O3. The lowest BCUT2D eigenvalue weighted by molar-refractivity contribution is -0.132. The maximum atomic E-state index is 12.6. The van der Waals surface area contributed by atoms with E-state index in [9.17, 15) is 9.59 Å². The van der Waals surface area contributed by atoms with E-state index in [4.69, 9.17) is 10.5 Å². The van der Waals surface area contributed by atoms with Crippen molar-refractivity contribution in [1.29, 1.82) is 0 Å². The molecule has 7 heteroatoms. The lowest BCUT2D eigenvalue weighted by atomic mass is 9.98. The molecule has 1 unspecified atom stereocenters. The molecule has 1 aliphatic heterocycles. The van der Waals surface area contributed by atoms with Gasteiger partial charge in [0.2, 0.25) is 5.91 Å². The monoisotopic (exact) mass is 423 g/mol. The van der Waals surface area contributed by atoms with Gasteiger partial charge in [0.05, 0.1) is 6.04 Å². The topological polar surface area (TPSA) is 84.7 Å². The van der Waals surface area contributed by atoms with E-state index in [0.717, 1.165) is 57.2 Å². The number of carbonyl (C=O) groups excluding carboxylic acids is 2. The van der Waals surface area contributed by atoms with Gasteiger partial charge in [0, 0.05) is 31.1 Å². The number of halogens is 1. The summed E-state index contributed by atoms with van der Waals surface area (Å²) in [6, 6.07) is 7.67. The Balaban J connectivity index is 0.00000300. The molecule has 1 aliphatic carbocycles. The van der Waals surface area contributed by atoms with Crippen molar-refractivity contribution in [2.75, 3.05) is 19.7 Å². The number of carbonyl (C=O) groups is 2. The van der Waals surface area contributed by atoms with E-state index in [1.165, 1.54) is 0 Å². The Morgan fingerprint density at radius 2 is 1.93 bits per heavy atom. The SMILES string of the molecule is CCC(NC(=O)C[C@@H]1CCC[C@H]1N)c1ccccc1OCC(=O)N1CCCC1.Cl. The van der Waals surface area contributed by atoms with Gasteiger partial charge >= 0.3 is 0 Å². The fourth-order valence-corrected chi connectivity index (χ4v) is 4.31. The maximum absolute atomic E-state index is 12.6. The molecule has 29 heavy (non-hydrogen) atoms. The summed E-state index contributed by atoms with van der Waals surface area (Å²) in [5, 5.41) is 3.14. The van der Waals surface area contributed by atoms with Crippen LogP contribution in [0.4, 0.5) is 0 Å². The average molecular weight is 424 g/mol. The normalized spacial score (nSPS) is 22.1. The van der Waals surface area contributed by atoms with Crippen LogP contribution in [-0.4, -0.2) is 42.5 Å². The number of hydrogen-bond acceptors (Lipinski definition) is 4. The molecule has 3 atom stereocenters. The van der Waals surface area contributed by atoms with Crippen LogP contribution in [0, 0.1) is 5.92 Å². The first-order valence-corrected chi connectivity index (χ1v) is 10.6. The van der Waals surface area contributed by atoms with Crippen molar-refractivity contribution in [1.82, 2.24) is 10.2 Å². The molecule has 0 bridgehead atoms. The Labute approximate surface area is 179 Å². The molecular weight excluding hydrogens is 390 g/mol. The van der Waals surface area contributed by atoms with Crippen LogP contribution in [0.2, 0.25) is 0 Å². The number of nitrogens with zero attached hydrogens (tertiary/aromatic N) is 1. The average Bonchev–Trinajstić information content (AvgIpc) is 3.37. The molecule has 1 aromatic carbocycles. The third-order valence-corrected chi connectivity index (χ3v) is 6.01. The number of benzene rings is 1. The van der Waals surface area contributed by atoms with Crippen LogP contribution in [-0.2, 0) is 9.59 Å². The lowest BCUT2D eigenvalue weighted by Crippen LogP contribution is -2.34. The summed E-state index contributed by atoms with van der Waals surface area (Å²) < 4.78 is 5.86. The van der Waals surface area contributed by atoms with E-state index < -0.39 is 0 Å². The zero-order valence-electron chi connectivity index (χ0n) is 17.3. The van der Waals surface area contributed by atoms with Gasteiger partial charge in [-0.05, 0) is 44.1 Å². The predicted octanol–water partition coefficient (Wildman–Crippen LogP) is 3.19. The van der Waals surface area contributed by atoms with E-state index in [0.29, 0.717) is 12.2 Å². The van der Waals surface area contributed by atoms with E-state index in [2.05, 4.69) is 5.32 Å². The zero-order valence-corrected chi connectivity index (χ0v) is 18.1. The molecule has 1 heterocycles. The fourth-order valence-electron chi connectivity index (χ4n) is 4.31. The number of nitrogens with two attached hydrogens (primary N) is 1. The van der Waals surface area contributed by atoms with Crippen LogP contribution in [0.15, 0.2) is 24.3 Å². The summed E-state index contributed by atoms with van der Waals surface area (Å²) in [6.07, 6.45) is 6.52. The summed E-state index contributed by atoms with van der Waals surface area (Å²) in [6.45, 7) is 3.72. The molecule has 1 saturated heterocycles. The predicted molar refractivity (Wildman–Crippen MR) is 116 cm³/mol. The fraction of sp³-hybridized carbons (Fsp3) is 0.636. The van der Waals surface area contributed by atoms with E-state index >= 15 is 0 Å². The second-order valence-electron chi connectivity index (χ2n) is 8.00. The van der Waals surface area contributed by atoms with Gasteiger partial charge in [-0.15, -0.1) is 12.4 Å². The third kappa shape index (κ3) is 6.34. The molecule has 0 spiro atoms. The molecule has 162 valence electrons. The minimum absolute atomic E-state index is 0. The van der Waals surface area contributed by atoms with Gasteiger partial charge in [0.25, 0.3) is 5.91 Å². The maximum Gasteiger partial charge on any atom is 0.260 e. The highest BCUT2D eigenvalue weighted by Crippen LogP contribution is 2.29. The smallest absolute Gasteiger partial charge is 0.260 e. The molecule has 0 aromatic heterocycles. The molecule has 2 fully saturated rings. The van der Waals surface area contributed by atoms with Gasteiger partial charge in [0.15, 0.2) is 6.61 Å². The molecule has 0 radical (unpaired) electrons. The van der Waals surface area contributed by atoms with Gasteiger partial charge in [-0.1, -0.05) is 31.5 Å². The number of ether oxygens (including phenoxy) is 1. The minimum Gasteiger partial charge on any atom is -0.483 e. The van der Waals surface area contributed by atoms with Crippen molar-refractivity contribution in [2.45, 2.75) is 64.0 Å². The van der Waals surface area contributed by atoms with Gasteiger partial charge in [-0.3, -0.25) is 9.59 Å². The Morgan fingerprint density at radius 1 is 1.21 bits per heavy atom. The first-order chi connectivity index (χ1) is 13.6. The zero-order chi connectivity index (χ0) is 19.9. The highest BCUT2D eigenvalue weighted by atomic mass is 35.5. The number of nitrogens with one attached hydrogen (secondary N) is 1. The standard InChI is InChI=1S/C22H33N3O3.ClH/c1-2-19(24-21(26)14-16-8-7-10-18(16)23)17-9-3-4-11-20(17)28-15-22(27)25-12-5-6-13-25;/h3-4,9,11,16,18-19H,2,5-8,10,12-15,23H2,1H3,(H,24,26);1H/t16-,18+,19?;/m0./s1. The first kappa shape index (κ1) is 23.5. The van der Waals surface area contributed by atoms with Gasteiger partial charge in [0.1, 0.15) is 5.75 Å². The van der Waals surface area contributed by atoms with Crippen LogP contribution >= 0.6 is 12.4 Å². The molecule has 2 aliphatic rings. The molecule has 1 aromatic rings. The van der Waals surface area contributed by atoms with Gasteiger partial charge in [-0.2, -0.15) is 0 Å². The Kier molecular flexibility index (Phi) is 9.24.